The maximum absolute atomic E-state index is 12.8. The molecule has 0 radical (unpaired) electrons. The standard InChI is InChI=1S/C21H26N4O3/c1-20(13-10-16-8-4-2-5-9-16)18(27)25(19(28)24-20)14-17(26)23-21(15-22)11-6-3-7-12-21/h2,4-5,8-9H,3,6-7,10-14H2,1H3,(H,23,26)(H,24,28)/t20-/m0/s1. The fourth-order valence-corrected chi connectivity index (χ4v) is 3.97. The quantitative estimate of drug-likeness (QED) is 0.737. The minimum atomic E-state index is -1.04. The molecule has 1 aromatic rings. The number of nitriles is 1. The van der Waals surface area contributed by atoms with Crippen LogP contribution in [-0.2, 0) is 16.0 Å². The van der Waals surface area contributed by atoms with Gasteiger partial charge in [-0.25, -0.2) is 4.79 Å². The second-order valence-corrected chi connectivity index (χ2v) is 7.94. The monoisotopic (exact) mass is 382 g/mol. The first-order valence-electron chi connectivity index (χ1n) is 9.78. The molecule has 7 heteroatoms. The highest BCUT2D eigenvalue weighted by atomic mass is 16.2. The van der Waals surface area contributed by atoms with Gasteiger partial charge in [-0.3, -0.25) is 14.5 Å². The minimum Gasteiger partial charge on any atom is -0.336 e. The summed E-state index contributed by atoms with van der Waals surface area (Å²) < 4.78 is 0. The summed E-state index contributed by atoms with van der Waals surface area (Å²) in [6.45, 7) is 1.32. The molecule has 148 valence electrons. The molecule has 0 spiro atoms. The molecule has 1 aliphatic heterocycles. The second-order valence-electron chi connectivity index (χ2n) is 7.94. The first-order valence-corrected chi connectivity index (χ1v) is 9.78. The summed E-state index contributed by atoms with van der Waals surface area (Å²) in [6, 6.07) is 11.4. The van der Waals surface area contributed by atoms with E-state index in [2.05, 4.69) is 16.7 Å². The van der Waals surface area contributed by atoms with Crippen molar-refractivity contribution in [2.75, 3.05) is 6.54 Å². The average Bonchev–Trinajstić information content (AvgIpc) is 2.91. The Kier molecular flexibility index (Phi) is 5.68. The molecule has 2 aliphatic rings. The topological polar surface area (TPSA) is 102 Å². The molecule has 0 aromatic heterocycles. The zero-order valence-electron chi connectivity index (χ0n) is 16.2. The maximum atomic E-state index is 12.8. The lowest BCUT2D eigenvalue weighted by molar-refractivity contribution is -0.135. The number of imide groups is 1. The van der Waals surface area contributed by atoms with Crippen molar-refractivity contribution in [1.29, 1.82) is 5.26 Å². The maximum Gasteiger partial charge on any atom is 0.325 e. The van der Waals surface area contributed by atoms with Gasteiger partial charge in [0.2, 0.25) is 5.91 Å². The smallest absolute Gasteiger partial charge is 0.325 e. The summed E-state index contributed by atoms with van der Waals surface area (Å²) in [4.78, 5) is 38.6. The van der Waals surface area contributed by atoms with E-state index in [0.717, 1.165) is 29.7 Å². The molecule has 1 aliphatic carbocycles. The average molecular weight is 382 g/mol. The summed E-state index contributed by atoms with van der Waals surface area (Å²) in [5.74, 6) is -0.877. The Bertz CT molecular complexity index is 796. The van der Waals surface area contributed by atoms with Crippen molar-refractivity contribution in [1.82, 2.24) is 15.5 Å². The van der Waals surface area contributed by atoms with E-state index in [-0.39, 0.29) is 6.54 Å². The minimum absolute atomic E-state index is 0.366. The third-order valence-corrected chi connectivity index (χ3v) is 5.70. The number of rotatable bonds is 6. The lowest BCUT2D eigenvalue weighted by Gasteiger charge is -2.32. The van der Waals surface area contributed by atoms with Gasteiger partial charge in [-0.05, 0) is 38.2 Å². The van der Waals surface area contributed by atoms with Crippen molar-refractivity contribution in [2.24, 2.45) is 0 Å². The Hall–Kier alpha value is -2.88. The lowest BCUT2D eigenvalue weighted by Crippen LogP contribution is -2.52. The Morgan fingerprint density at radius 1 is 1.21 bits per heavy atom. The Morgan fingerprint density at radius 3 is 2.54 bits per heavy atom. The molecule has 2 N–H and O–H groups in total. The molecule has 28 heavy (non-hydrogen) atoms. The number of carbonyl (C=O) groups is 3. The van der Waals surface area contributed by atoms with Gasteiger partial charge in [0.15, 0.2) is 0 Å². The normalized spacial score (nSPS) is 23.8. The van der Waals surface area contributed by atoms with E-state index in [4.69, 9.17) is 0 Å². The van der Waals surface area contributed by atoms with Crippen LogP contribution in [0, 0.1) is 11.3 Å². The molecule has 4 amide bonds. The van der Waals surface area contributed by atoms with Crippen molar-refractivity contribution in [2.45, 2.75) is 62.9 Å². The third kappa shape index (κ3) is 4.16. The fourth-order valence-electron chi connectivity index (χ4n) is 3.97. The van der Waals surface area contributed by atoms with E-state index in [1.807, 2.05) is 30.3 Å². The van der Waals surface area contributed by atoms with Gasteiger partial charge in [0.05, 0.1) is 6.07 Å². The molecule has 7 nitrogen and oxygen atoms in total. The number of hydrogen-bond donors (Lipinski definition) is 2. The number of aryl methyl sites for hydroxylation is 1. The largest absolute Gasteiger partial charge is 0.336 e. The van der Waals surface area contributed by atoms with E-state index in [1.165, 1.54) is 0 Å². The molecule has 3 rings (SSSR count). The van der Waals surface area contributed by atoms with Gasteiger partial charge in [-0.1, -0.05) is 49.6 Å². The van der Waals surface area contributed by atoms with Gasteiger partial charge in [-0.2, -0.15) is 5.26 Å². The Morgan fingerprint density at radius 2 is 1.89 bits per heavy atom. The molecule has 1 saturated heterocycles. The number of nitrogens with zero attached hydrogens (tertiary/aromatic N) is 2. The zero-order chi connectivity index (χ0) is 20.2. The summed E-state index contributed by atoms with van der Waals surface area (Å²) in [6.07, 6.45) is 5.10. The highest BCUT2D eigenvalue weighted by Gasteiger charge is 2.48. The number of urea groups is 1. The van der Waals surface area contributed by atoms with Crippen LogP contribution in [0.5, 0.6) is 0 Å². The van der Waals surface area contributed by atoms with Crippen LogP contribution in [0.15, 0.2) is 30.3 Å². The van der Waals surface area contributed by atoms with Gasteiger partial charge in [0, 0.05) is 0 Å². The summed E-state index contributed by atoms with van der Waals surface area (Å²) in [5.41, 5.74) is -0.842. The summed E-state index contributed by atoms with van der Waals surface area (Å²) >= 11 is 0. The predicted molar refractivity (Wildman–Crippen MR) is 103 cm³/mol. The van der Waals surface area contributed by atoms with Crippen LogP contribution in [0.3, 0.4) is 0 Å². The summed E-state index contributed by atoms with van der Waals surface area (Å²) in [7, 11) is 0. The summed E-state index contributed by atoms with van der Waals surface area (Å²) in [5, 5.41) is 15.0. The zero-order valence-corrected chi connectivity index (χ0v) is 16.2. The molecule has 0 unspecified atom stereocenters. The van der Waals surface area contributed by atoms with Crippen LogP contribution in [-0.4, -0.2) is 40.4 Å². The van der Waals surface area contributed by atoms with Crippen LogP contribution >= 0.6 is 0 Å². The molecular weight excluding hydrogens is 356 g/mol. The SMILES string of the molecule is C[C@@]1(CCc2ccccc2)NC(=O)N(CC(=O)NC2(C#N)CCCCC2)C1=O. The van der Waals surface area contributed by atoms with Crippen molar-refractivity contribution in [3.8, 4) is 6.07 Å². The van der Waals surface area contributed by atoms with Gasteiger partial charge < -0.3 is 10.6 Å². The van der Waals surface area contributed by atoms with Gasteiger partial charge in [0.25, 0.3) is 5.91 Å². The lowest BCUT2D eigenvalue weighted by atomic mass is 9.83. The molecule has 1 heterocycles. The predicted octanol–water partition coefficient (Wildman–Crippen LogP) is 2.27. The van der Waals surface area contributed by atoms with Crippen LogP contribution < -0.4 is 10.6 Å². The molecule has 1 saturated carbocycles. The number of nitrogens with one attached hydrogen (secondary N) is 2. The molecular formula is C21H26N4O3. The molecule has 1 aromatic carbocycles. The van der Waals surface area contributed by atoms with E-state index in [1.54, 1.807) is 6.92 Å². The Balaban J connectivity index is 1.61. The van der Waals surface area contributed by atoms with Crippen molar-refractivity contribution < 1.29 is 14.4 Å². The highest BCUT2D eigenvalue weighted by Crippen LogP contribution is 2.28. The third-order valence-electron chi connectivity index (χ3n) is 5.70. The first-order chi connectivity index (χ1) is 13.4. The molecule has 0 bridgehead atoms. The fraction of sp³-hybridized carbons (Fsp3) is 0.524. The van der Waals surface area contributed by atoms with Crippen molar-refractivity contribution in [3.63, 3.8) is 0 Å². The van der Waals surface area contributed by atoms with Crippen LogP contribution in [0.1, 0.15) is 51.0 Å². The Labute approximate surface area is 165 Å². The van der Waals surface area contributed by atoms with Crippen molar-refractivity contribution in [3.05, 3.63) is 35.9 Å². The van der Waals surface area contributed by atoms with E-state index >= 15 is 0 Å². The molecule has 1 atom stereocenters. The van der Waals surface area contributed by atoms with E-state index in [0.29, 0.717) is 25.7 Å². The number of benzene rings is 1. The van der Waals surface area contributed by atoms with Gasteiger partial charge in [0.1, 0.15) is 17.6 Å². The van der Waals surface area contributed by atoms with E-state index in [9.17, 15) is 19.6 Å². The van der Waals surface area contributed by atoms with Crippen LogP contribution in [0.25, 0.3) is 0 Å². The number of carbonyl (C=O) groups excluding carboxylic acids is 3. The second kappa shape index (κ2) is 8.01. The van der Waals surface area contributed by atoms with E-state index < -0.39 is 28.9 Å². The van der Waals surface area contributed by atoms with Crippen molar-refractivity contribution >= 4 is 17.8 Å². The van der Waals surface area contributed by atoms with Crippen LogP contribution in [0.2, 0.25) is 0 Å². The molecule has 2 fully saturated rings. The number of amides is 4. The first kappa shape index (κ1) is 19.9. The van der Waals surface area contributed by atoms with Crippen LogP contribution in [0.4, 0.5) is 4.79 Å². The van der Waals surface area contributed by atoms with Gasteiger partial charge >= 0.3 is 6.03 Å². The highest BCUT2D eigenvalue weighted by molar-refractivity contribution is 6.08. The van der Waals surface area contributed by atoms with Gasteiger partial charge in [-0.15, -0.1) is 0 Å². The number of hydrogen-bond acceptors (Lipinski definition) is 4.